The van der Waals surface area contributed by atoms with Crippen LogP contribution in [-0.4, -0.2) is 22.0 Å². The topological polar surface area (TPSA) is 37.3 Å². The number of carbonyl (C=O) groups excluding carboxylic acids is 1. The Kier molecular flexibility index (Phi) is 7.48. The smallest absolute Gasteiger partial charge is 0.322 e. The first kappa shape index (κ1) is 21.6. The summed E-state index contributed by atoms with van der Waals surface area (Å²) in [6, 6.07) is 16.7. The van der Waals surface area contributed by atoms with Crippen LogP contribution < -0.4 is 5.32 Å². The monoisotopic (exact) mass is 449 g/mol. The van der Waals surface area contributed by atoms with Gasteiger partial charge in [0.15, 0.2) is 0 Å². The van der Waals surface area contributed by atoms with Gasteiger partial charge >= 0.3 is 6.03 Å². The molecule has 2 aromatic carbocycles. The Morgan fingerprint density at radius 2 is 1.86 bits per heavy atom. The van der Waals surface area contributed by atoms with E-state index < -0.39 is 0 Å². The Hall–Kier alpha value is -2.14. The number of hydrogen-bond acceptors (Lipinski definition) is 1. The molecule has 1 N–H and O–H groups in total. The fourth-order valence-electron chi connectivity index (χ4n) is 3.07. The summed E-state index contributed by atoms with van der Waals surface area (Å²) in [5, 5.41) is 4.47. The lowest BCUT2D eigenvalue weighted by Crippen LogP contribution is -2.35. The molecule has 152 valence electrons. The second kappa shape index (κ2) is 10.1. The normalized spacial score (nSPS) is 10.8. The van der Waals surface area contributed by atoms with Crippen LogP contribution in [0.25, 0.3) is 0 Å². The van der Waals surface area contributed by atoms with E-state index >= 15 is 0 Å². The van der Waals surface area contributed by atoms with Crippen LogP contribution in [0.2, 0.25) is 15.1 Å². The quantitative estimate of drug-likeness (QED) is 0.416. The second-order valence-corrected chi connectivity index (χ2v) is 7.99. The molecule has 0 spiro atoms. The van der Waals surface area contributed by atoms with E-state index in [-0.39, 0.29) is 6.03 Å². The Morgan fingerprint density at radius 1 is 1.03 bits per heavy atom. The van der Waals surface area contributed by atoms with Gasteiger partial charge < -0.3 is 14.8 Å². The number of nitrogens with zero attached hydrogens (tertiary/aromatic N) is 2. The molecule has 3 aromatic rings. The summed E-state index contributed by atoms with van der Waals surface area (Å²) in [5.74, 6) is 0. The fraction of sp³-hybridized carbons (Fsp3) is 0.227. The van der Waals surface area contributed by atoms with Crippen molar-refractivity contribution < 1.29 is 4.79 Å². The van der Waals surface area contributed by atoms with Crippen LogP contribution in [0, 0.1) is 0 Å². The molecule has 0 aliphatic heterocycles. The lowest BCUT2D eigenvalue weighted by Gasteiger charge is -2.23. The molecule has 0 fully saturated rings. The van der Waals surface area contributed by atoms with Gasteiger partial charge in [-0.2, -0.15) is 0 Å². The lowest BCUT2D eigenvalue weighted by atomic mass is 10.2. The summed E-state index contributed by atoms with van der Waals surface area (Å²) in [5.41, 5.74) is 2.76. The molecular weight excluding hydrogens is 429 g/mol. The standard InChI is InChI=1S/C22H22Cl3N3O/c1-2-10-28(22(29)26-18-8-9-20(24)21(25)13-18)15-19-7-4-11-27(19)14-16-5-3-6-17(23)12-16/h3-9,11-13H,2,10,14-15H2,1H3,(H,26,29). The van der Waals surface area contributed by atoms with Gasteiger partial charge in [-0.05, 0) is 54.4 Å². The summed E-state index contributed by atoms with van der Waals surface area (Å²) >= 11 is 18.1. The van der Waals surface area contributed by atoms with E-state index in [1.54, 1.807) is 23.1 Å². The number of anilines is 1. The van der Waals surface area contributed by atoms with E-state index in [0.717, 1.165) is 17.7 Å². The molecule has 4 nitrogen and oxygen atoms in total. The van der Waals surface area contributed by atoms with E-state index in [2.05, 4.69) is 9.88 Å². The van der Waals surface area contributed by atoms with Gasteiger partial charge in [0.2, 0.25) is 0 Å². The second-order valence-electron chi connectivity index (χ2n) is 6.74. The average Bonchev–Trinajstić information content (AvgIpc) is 3.11. The maximum atomic E-state index is 12.9. The lowest BCUT2D eigenvalue weighted by molar-refractivity contribution is 0.208. The van der Waals surface area contributed by atoms with Gasteiger partial charge in [0.25, 0.3) is 0 Å². The van der Waals surface area contributed by atoms with Gasteiger partial charge in [-0.1, -0.05) is 53.9 Å². The molecule has 7 heteroatoms. The van der Waals surface area contributed by atoms with Gasteiger partial charge in [-0.25, -0.2) is 4.79 Å². The van der Waals surface area contributed by atoms with Gasteiger partial charge in [0.1, 0.15) is 0 Å². The van der Waals surface area contributed by atoms with Gasteiger partial charge in [0.05, 0.1) is 16.6 Å². The minimum Gasteiger partial charge on any atom is -0.345 e. The van der Waals surface area contributed by atoms with E-state index in [4.69, 9.17) is 34.8 Å². The molecule has 0 atom stereocenters. The van der Waals surface area contributed by atoms with Gasteiger partial charge in [0, 0.05) is 35.7 Å². The van der Waals surface area contributed by atoms with Crippen LogP contribution in [0.15, 0.2) is 60.8 Å². The molecule has 3 rings (SSSR count). The Balaban J connectivity index is 1.72. The van der Waals surface area contributed by atoms with Crippen molar-refractivity contribution in [2.45, 2.75) is 26.4 Å². The van der Waals surface area contributed by atoms with Crippen LogP contribution in [-0.2, 0) is 13.1 Å². The van der Waals surface area contributed by atoms with E-state index in [1.165, 1.54) is 0 Å². The SMILES string of the molecule is CCCN(Cc1cccn1Cc1cccc(Cl)c1)C(=O)Nc1ccc(Cl)c(Cl)c1. The van der Waals surface area contributed by atoms with Crippen LogP contribution in [0.4, 0.5) is 10.5 Å². The third kappa shape index (κ3) is 5.92. The first-order chi connectivity index (χ1) is 14.0. The number of aromatic nitrogens is 1. The highest BCUT2D eigenvalue weighted by atomic mass is 35.5. The van der Waals surface area contributed by atoms with Crippen molar-refractivity contribution in [2.75, 3.05) is 11.9 Å². The number of amides is 2. The molecule has 0 saturated carbocycles. The van der Waals surface area contributed by atoms with Crippen LogP contribution in [0.5, 0.6) is 0 Å². The summed E-state index contributed by atoms with van der Waals surface area (Å²) < 4.78 is 2.13. The number of urea groups is 1. The first-order valence-corrected chi connectivity index (χ1v) is 10.5. The molecule has 0 saturated heterocycles. The van der Waals surface area contributed by atoms with Crippen molar-refractivity contribution in [2.24, 2.45) is 0 Å². The molecule has 1 heterocycles. The Labute approximate surface area is 186 Å². The number of carbonyl (C=O) groups is 1. The number of nitrogens with one attached hydrogen (secondary N) is 1. The van der Waals surface area contributed by atoms with Crippen molar-refractivity contribution in [3.05, 3.63) is 87.1 Å². The zero-order valence-corrected chi connectivity index (χ0v) is 18.3. The van der Waals surface area contributed by atoms with Crippen molar-refractivity contribution in [1.82, 2.24) is 9.47 Å². The maximum Gasteiger partial charge on any atom is 0.322 e. The molecule has 29 heavy (non-hydrogen) atoms. The molecular formula is C22H22Cl3N3O. The highest BCUT2D eigenvalue weighted by molar-refractivity contribution is 6.42. The highest BCUT2D eigenvalue weighted by Crippen LogP contribution is 2.25. The van der Waals surface area contributed by atoms with Crippen molar-refractivity contribution in [1.29, 1.82) is 0 Å². The summed E-state index contributed by atoms with van der Waals surface area (Å²) in [7, 11) is 0. The predicted octanol–water partition coefficient (Wildman–Crippen LogP) is 6.94. The number of halogens is 3. The maximum absolute atomic E-state index is 12.9. The molecule has 0 unspecified atom stereocenters. The number of hydrogen-bond donors (Lipinski definition) is 1. The fourth-order valence-corrected chi connectivity index (χ4v) is 3.58. The molecule has 0 aliphatic carbocycles. The van der Waals surface area contributed by atoms with Gasteiger partial charge in [-0.15, -0.1) is 0 Å². The molecule has 2 amide bonds. The first-order valence-electron chi connectivity index (χ1n) is 9.35. The van der Waals surface area contributed by atoms with E-state index in [1.807, 2.05) is 49.5 Å². The number of rotatable bonds is 7. The Morgan fingerprint density at radius 3 is 2.59 bits per heavy atom. The van der Waals surface area contributed by atoms with Crippen molar-refractivity contribution in [3.63, 3.8) is 0 Å². The minimum absolute atomic E-state index is 0.180. The number of benzene rings is 2. The largest absolute Gasteiger partial charge is 0.345 e. The van der Waals surface area contributed by atoms with Crippen molar-refractivity contribution in [3.8, 4) is 0 Å². The van der Waals surface area contributed by atoms with E-state index in [9.17, 15) is 4.79 Å². The van der Waals surface area contributed by atoms with Crippen LogP contribution in [0.1, 0.15) is 24.6 Å². The molecule has 0 bridgehead atoms. The molecule has 0 radical (unpaired) electrons. The van der Waals surface area contributed by atoms with Crippen molar-refractivity contribution >= 4 is 46.5 Å². The third-order valence-electron chi connectivity index (χ3n) is 4.47. The third-order valence-corrected chi connectivity index (χ3v) is 5.44. The van der Waals surface area contributed by atoms with Crippen LogP contribution >= 0.6 is 34.8 Å². The zero-order valence-electron chi connectivity index (χ0n) is 16.0. The minimum atomic E-state index is -0.180. The summed E-state index contributed by atoms with van der Waals surface area (Å²) in [4.78, 5) is 14.6. The zero-order chi connectivity index (χ0) is 20.8. The molecule has 1 aromatic heterocycles. The van der Waals surface area contributed by atoms with Gasteiger partial charge in [-0.3, -0.25) is 0 Å². The molecule has 0 aliphatic rings. The van der Waals surface area contributed by atoms with E-state index in [0.29, 0.717) is 40.4 Å². The summed E-state index contributed by atoms with van der Waals surface area (Å²) in [6.45, 7) is 3.87. The summed E-state index contributed by atoms with van der Waals surface area (Å²) in [6.07, 6.45) is 2.86. The predicted molar refractivity (Wildman–Crippen MR) is 121 cm³/mol. The average molecular weight is 451 g/mol. The highest BCUT2D eigenvalue weighted by Gasteiger charge is 2.16. The van der Waals surface area contributed by atoms with Crippen LogP contribution in [0.3, 0.4) is 0 Å². The Bertz CT molecular complexity index is 987.